The highest BCUT2D eigenvalue weighted by Crippen LogP contribution is 2.37. The third-order valence-corrected chi connectivity index (χ3v) is 4.49. The van der Waals surface area contributed by atoms with Crippen LogP contribution in [0, 0.1) is 0 Å². The van der Waals surface area contributed by atoms with Gasteiger partial charge in [0.1, 0.15) is 5.75 Å². The minimum Gasteiger partial charge on any atom is -0.503 e. The summed E-state index contributed by atoms with van der Waals surface area (Å²) in [5.74, 6) is 0.991. The molecule has 1 N–H and O–H groups in total. The van der Waals surface area contributed by atoms with Gasteiger partial charge in [-0.3, -0.25) is 4.79 Å². The number of allylic oxidation sites excluding steroid dienone is 1. The molecule has 0 atom stereocenters. The van der Waals surface area contributed by atoms with E-state index >= 15 is 0 Å². The molecule has 2 aromatic rings. The number of ether oxygens (including phenoxy) is 2. The minimum atomic E-state index is -0.0851. The van der Waals surface area contributed by atoms with Gasteiger partial charge in [0, 0.05) is 11.1 Å². The van der Waals surface area contributed by atoms with Gasteiger partial charge in [0.25, 0.3) is 0 Å². The lowest BCUT2D eigenvalue weighted by atomic mass is 9.86. The molecule has 0 radical (unpaired) electrons. The van der Waals surface area contributed by atoms with E-state index < -0.39 is 0 Å². The van der Waals surface area contributed by atoms with Crippen LogP contribution in [0.1, 0.15) is 34.8 Å². The van der Waals surface area contributed by atoms with E-state index in [1.165, 1.54) is 0 Å². The Labute approximate surface area is 151 Å². The summed E-state index contributed by atoms with van der Waals surface area (Å²) in [5, 5.41) is 10.1. The molecule has 2 aromatic carbocycles. The van der Waals surface area contributed by atoms with Crippen molar-refractivity contribution >= 4 is 23.5 Å². The highest BCUT2D eigenvalue weighted by molar-refractivity contribution is 6.32. The fourth-order valence-electron chi connectivity index (χ4n) is 2.96. The summed E-state index contributed by atoms with van der Waals surface area (Å²) < 4.78 is 10.6. The van der Waals surface area contributed by atoms with Gasteiger partial charge in [0.05, 0.1) is 18.7 Å². The Morgan fingerprint density at radius 1 is 1.24 bits per heavy atom. The third-order valence-electron chi connectivity index (χ3n) is 4.20. The lowest BCUT2D eigenvalue weighted by molar-refractivity contribution is 0.102. The monoisotopic (exact) mass is 358 g/mol. The van der Waals surface area contributed by atoms with Crippen LogP contribution < -0.4 is 9.47 Å². The molecule has 0 spiro atoms. The second-order valence-corrected chi connectivity index (χ2v) is 6.21. The molecular weight excluding hydrogens is 340 g/mol. The molecule has 0 amide bonds. The van der Waals surface area contributed by atoms with E-state index in [9.17, 15) is 9.90 Å². The number of aryl methyl sites for hydroxylation is 1. The number of rotatable bonds is 4. The Bertz CT molecular complexity index is 855. The fraction of sp³-hybridized carbons (Fsp3) is 0.250. The first-order valence-electron chi connectivity index (χ1n) is 8.11. The molecule has 1 aliphatic rings. The van der Waals surface area contributed by atoms with Crippen LogP contribution in [0.5, 0.6) is 17.2 Å². The van der Waals surface area contributed by atoms with E-state index in [2.05, 4.69) is 0 Å². The van der Waals surface area contributed by atoms with Gasteiger partial charge in [-0.2, -0.15) is 0 Å². The molecule has 0 bridgehead atoms. The standard InChI is InChI=1S/C20H19ClO4/c1-3-25-18-10-12(9-17(21)20(18)23)8-14-5-4-13-11-15(24-2)6-7-16(13)19(14)22/h6-11,23H,3-5H2,1-2H3/b14-8+. The van der Waals surface area contributed by atoms with Gasteiger partial charge in [0.2, 0.25) is 0 Å². The summed E-state index contributed by atoms with van der Waals surface area (Å²) >= 11 is 6.07. The quantitative estimate of drug-likeness (QED) is 0.807. The molecule has 25 heavy (non-hydrogen) atoms. The van der Waals surface area contributed by atoms with Gasteiger partial charge >= 0.3 is 0 Å². The van der Waals surface area contributed by atoms with Crippen LogP contribution in [0.4, 0.5) is 0 Å². The van der Waals surface area contributed by atoms with Crippen LogP contribution in [0.2, 0.25) is 5.02 Å². The number of methoxy groups -OCH3 is 1. The van der Waals surface area contributed by atoms with Crippen molar-refractivity contribution in [3.63, 3.8) is 0 Å². The average molecular weight is 359 g/mol. The molecule has 1 aliphatic carbocycles. The zero-order chi connectivity index (χ0) is 18.0. The summed E-state index contributed by atoms with van der Waals surface area (Å²) in [6.07, 6.45) is 3.22. The van der Waals surface area contributed by atoms with E-state index in [1.54, 1.807) is 31.4 Å². The number of hydrogen-bond donors (Lipinski definition) is 1. The molecule has 0 aromatic heterocycles. The summed E-state index contributed by atoms with van der Waals surface area (Å²) in [7, 11) is 1.61. The van der Waals surface area contributed by atoms with Gasteiger partial charge in [0.15, 0.2) is 17.3 Å². The number of hydrogen-bond acceptors (Lipinski definition) is 4. The maximum absolute atomic E-state index is 12.8. The van der Waals surface area contributed by atoms with Crippen molar-refractivity contribution in [2.45, 2.75) is 19.8 Å². The Kier molecular flexibility index (Phi) is 5.00. The van der Waals surface area contributed by atoms with Crippen molar-refractivity contribution in [1.82, 2.24) is 0 Å². The molecule has 3 rings (SSSR count). The van der Waals surface area contributed by atoms with E-state index in [4.69, 9.17) is 21.1 Å². The number of carbonyl (C=O) groups excluding carboxylic acids is 1. The molecular formula is C20H19ClO4. The first kappa shape index (κ1) is 17.4. The van der Waals surface area contributed by atoms with Gasteiger partial charge in [-0.15, -0.1) is 0 Å². The highest BCUT2D eigenvalue weighted by Gasteiger charge is 2.22. The van der Waals surface area contributed by atoms with Crippen molar-refractivity contribution in [3.05, 3.63) is 57.6 Å². The first-order valence-corrected chi connectivity index (χ1v) is 8.48. The van der Waals surface area contributed by atoms with Crippen molar-refractivity contribution < 1.29 is 19.4 Å². The summed E-state index contributed by atoms with van der Waals surface area (Å²) in [4.78, 5) is 12.8. The SMILES string of the molecule is CCOc1cc(/C=C2\CCc3cc(OC)ccc3C2=O)cc(Cl)c1O. The van der Waals surface area contributed by atoms with Crippen LogP contribution in [-0.2, 0) is 6.42 Å². The van der Waals surface area contributed by atoms with E-state index in [0.29, 0.717) is 29.9 Å². The minimum absolute atomic E-state index is 0.00561. The Hall–Kier alpha value is -2.46. The zero-order valence-corrected chi connectivity index (χ0v) is 14.9. The van der Waals surface area contributed by atoms with Crippen LogP contribution >= 0.6 is 11.6 Å². The number of aromatic hydroxyl groups is 1. The van der Waals surface area contributed by atoms with Crippen molar-refractivity contribution in [3.8, 4) is 17.2 Å². The molecule has 130 valence electrons. The molecule has 0 fully saturated rings. The van der Waals surface area contributed by atoms with Crippen LogP contribution in [0.25, 0.3) is 6.08 Å². The Morgan fingerprint density at radius 2 is 2.04 bits per heavy atom. The molecule has 0 heterocycles. The average Bonchev–Trinajstić information content (AvgIpc) is 2.61. The number of benzene rings is 2. The molecule has 0 unspecified atom stereocenters. The maximum atomic E-state index is 12.8. The third kappa shape index (κ3) is 3.49. The number of carbonyl (C=O) groups is 1. The Morgan fingerprint density at radius 3 is 2.76 bits per heavy atom. The number of ketones is 1. The van der Waals surface area contributed by atoms with Crippen LogP contribution in [-0.4, -0.2) is 24.6 Å². The van der Waals surface area contributed by atoms with E-state index in [-0.39, 0.29) is 16.6 Å². The van der Waals surface area contributed by atoms with Crippen LogP contribution in [0.15, 0.2) is 35.9 Å². The number of fused-ring (bicyclic) bond motifs is 1. The smallest absolute Gasteiger partial charge is 0.189 e. The predicted molar refractivity (Wildman–Crippen MR) is 97.9 cm³/mol. The predicted octanol–water partition coefficient (Wildman–Crippen LogP) is 4.67. The lowest BCUT2D eigenvalue weighted by Gasteiger charge is -2.18. The van der Waals surface area contributed by atoms with Gasteiger partial charge in [-0.05, 0) is 67.3 Å². The molecule has 0 saturated heterocycles. The number of phenols is 1. The lowest BCUT2D eigenvalue weighted by Crippen LogP contribution is -2.14. The summed E-state index contributed by atoms with van der Waals surface area (Å²) in [6.45, 7) is 2.24. The highest BCUT2D eigenvalue weighted by atomic mass is 35.5. The molecule has 4 nitrogen and oxygen atoms in total. The topological polar surface area (TPSA) is 55.8 Å². The van der Waals surface area contributed by atoms with Gasteiger partial charge in [-0.1, -0.05) is 11.6 Å². The zero-order valence-electron chi connectivity index (χ0n) is 14.1. The normalized spacial score (nSPS) is 15.2. The Balaban J connectivity index is 1.96. The number of halogens is 1. The second-order valence-electron chi connectivity index (χ2n) is 5.80. The largest absolute Gasteiger partial charge is 0.503 e. The summed E-state index contributed by atoms with van der Waals surface area (Å²) in [5.41, 5.74) is 3.14. The van der Waals surface area contributed by atoms with Crippen molar-refractivity contribution in [1.29, 1.82) is 0 Å². The molecule has 0 aliphatic heterocycles. The number of phenolic OH excluding ortho intramolecular Hbond substituents is 1. The fourth-order valence-corrected chi connectivity index (χ4v) is 3.18. The van der Waals surface area contributed by atoms with Crippen molar-refractivity contribution in [2.24, 2.45) is 0 Å². The molecule has 5 heteroatoms. The first-order chi connectivity index (χ1) is 12.0. The number of Topliss-reactive ketones (excluding diaryl/α,β-unsaturated/α-hetero) is 1. The maximum Gasteiger partial charge on any atom is 0.189 e. The van der Waals surface area contributed by atoms with E-state index in [1.807, 2.05) is 19.1 Å². The summed E-state index contributed by atoms with van der Waals surface area (Å²) in [6, 6.07) is 8.83. The van der Waals surface area contributed by atoms with Gasteiger partial charge in [-0.25, -0.2) is 0 Å². The van der Waals surface area contributed by atoms with Crippen molar-refractivity contribution in [2.75, 3.05) is 13.7 Å². The molecule has 0 saturated carbocycles. The van der Waals surface area contributed by atoms with Crippen LogP contribution in [0.3, 0.4) is 0 Å². The second kappa shape index (κ2) is 7.19. The van der Waals surface area contributed by atoms with Gasteiger partial charge < -0.3 is 14.6 Å². The van der Waals surface area contributed by atoms with E-state index in [0.717, 1.165) is 23.3 Å².